The Morgan fingerprint density at radius 1 is 0.969 bits per heavy atom. The van der Waals surface area contributed by atoms with Crippen molar-refractivity contribution in [3.63, 3.8) is 0 Å². The van der Waals surface area contributed by atoms with Crippen molar-refractivity contribution < 1.29 is 17.9 Å². The molecule has 168 valence electrons. The van der Waals surface area contributed by atoms with Crippen molar-refractivity contribution in [2.45, 2.75) is 44.1 Å². The van der Waals surface area contributed by atoms with Crippen LogP contribution in [0.15, 0.2) is 78.0 Å². The van der Waals surface area contributed by atoms with Crippen molar-refractivity contribution in [1.29, 1.82) is 0 Å². The van der Waals surface area contributed by atoms with Gasteiger partial charge < -0.3 is 10.1 Å². The molecule has 7 nitrogen and oxygen atoms in total. The average Bonchev–Trinajstić information content (AvgIpc) is 2.74. The Hall–Kier alpha value is -3.39. The van der Waals surface area contributed by atoms with E-state index >= 15 is 0 Å². The van der Waals surface area contributed by atoms with Crippen LogP contribution in [-0.2, 0) is 20.2 Å². The predicted molar refractivity (Wildman–Crippen MR) is 125 cm³/mol. The Morgan fingerprint density at radius 2 is 1.62 bits per heavy atom. The maximum absolute atomic E-state index is 12.5. The molecule has 0 fully saturated rings. The minimum Gasteiger partial charge on any atom is -0.481 e. The minimum absolute atomic E-state index is 0.0364. The molecule has 1 atom stereocenters. The van der Waals surface area contributed by atoms with Gasteiger partial charge in [0, 0.05) is 11.9 Å². The van der Waals surface area contributed by atoms with Gasteiger partial charge in [-0.25, -0.2) is 8.42 Å². The van der Waals surface area contributed by atoms with Crippen molar-refractivity contribution in [3.05, 3.63) is 78.6 Å². The van der Waals surface area contributed by atoms with Gasteiger partial charge >= 0.3 is 0 Å². The fourth-order valence-electron chi connectivity index (χ4n) is 2.89. The van der Waals surface area contributed by atoms with E-state index in [4.69, 9.17) is 4.74 Å². The highest BCUT2D eigenvalue weighted by atomic mass is 32.2. The molecule has 0 aliphatic carbocycles. The normalized spacial score (nSPS) is 12.6. The summed E-state index contributed by atoms with van der Waals surface area (Å²) in [6.45, 7) is 8.04. The van der Waals surface area contributed by atoms with Gasteiger partial charge in [0.05, 0.1) is 16.8 Å². The van der Waals surface area contributed by atoms with E-state index in [0.29, 0.717) is 17.1 Å². The first-order chi connectivity index (χ1) is 15.0. The first-order valence-electron chi connectivity index (χ1n) is 10.2. The summed E-state index contributed by atoms with van der Waals surface area (Å²) in [6.07, 6.45) is 2.25. The van der Waals surface area contributed by atoms with Crippen molar-refractivity contribution in [1.82, 2.24) is 4.98 Å². The van der Waals surface area contributed by atoms with Crippen LogP contribution in [0.5, 0.6) is 5.75 Å². The number of ether oxygens (including phenoxy) is 1. The monoisotopic (exact) mass is 453 g/mol. The van der Waals surface area contributed by atoms with E-state index in [1.165, 1.54) is 36.0 Å². The number of pyridine rings is 1. The number of aromatic nitrogens is 1. The number of benzene rings is 2. The molecule has 0 spiro atoms. The third-order valence-corrected chi connectivity index (χ3v) is 6.15. The number of anilines is 2. The predicted octanol–water partition coefficient (Wildman–Crippen LogP) is 4.59. The third kappa shape index (κ3) is 6.07. The van der Waals surface area contributed by atoms with E-state index in [9.17, 15) is 13.2 Å². The number of hydrogen-bond acceptors (Lipinski definition) is 5. The van der Waals surface area contributed by atoms with Gasteiger partial charge in [-0.15, -0.1) is 0 Å². The maximum Gasteiger partial charge on any atom is 0.265 e. The van der Waals surface area contributed by atoms with E-state index in [2.05, 4.69) is 35.8 Å². The average molecular weight is 454 g/mol. The van der Waals surface area contributed by atoms with Crippen molar-refractivity contribution in [2.75, 3.05) is 10.0 Å². The molecule has 0 unspecified atom stereocenters. The quantitative estimate of drug-likeness (QED) is 0.545. The smallest absolute Gasteiger partial charge is 0.265 e. The fourth-order valence-corrected chi connectivity index (χ4v) is 3.93. The molecule has 0 aliphatic rings. The van der Waals surface area contributed by atoms with Crippen molar-refractivity contribution in [3.8, 4) is 5.75 Å². The molecule has 32 heavy (non-hydrogen) atoms. The molecule has 0 saturated carbocycles. The summed E-state index contributed by atoms with van der Waals surface area (Å²) in [5, 5.41) is 2.74. The van der Waals surface area contributed by atoms with Crippen LogP contribution in [0.25, 0.3) is 0 Å². The first kappa shape index (κ1) is 23.3. The maximum atomic E-state index is 12.5. The summed E-state index contributed by atoms with van der Waals surface area (Å²) in [6, 6.07) is 16.8. The Bertz CT molecular complexity index is 1150. The summed E-state index contributed by atoms with van der Waals surface area (Å²) in [5.41, 5.74) is 2.05. The molecule has 1 aromatic heterocycles. The van der Waals surface area contributed by atoms with Crippen molar-refractivity contribution >= 4 is 27.3 Å². The molecule has 3 rings (SSSR count). The number of nitrogens with one attached hydrogen (secondary N) is 2. The zero-order valence-electron chi connectivity index (χ0n) is 18.5. The van der Waals surface area contributed by atoms with Gasteiger partial charge in [0.25, 0.3) is 15.9 Å². The molecule has 3 aromatic rings. The first-order valence-corrected chi connectivity index (χ1v) is 11.6. The molecular formula is C24H27N3O4S. The minimum atomic E-state index is -3.76. The van der Waals surface area contributed by atoms with Gasteiger partial charge in [-0.05, 0) is 66.4 Å². The highest BCUT2D eigenvalue weighted by molar-refractivity contribution is 7.92. The summed E-state index contributed by atoms with van der Waals surface area (Å²) in [7, 11) is -3.76. The third-order valence-electron chi connectivity index (χ3n) is 4.75. The van der Waals surface area contributed by atoms with Crippen molar-refractivity contribution in [2.24, 2.45) is 0 Å². The van der Waals surface area contributed by atoms with Gasteiger partial charge in [0.2, 0.25) is 0 Å². The summed E-state index contributed by atoms with van der Waals surface area (Å²) >= 11 is 0. The molecule has 1 amide bonds. The molecule has 0 bridgehead atoms. The standard InChI is InChI=1S/C24H27N3O4S/c1-17(31-21-11-7-18(8-12-21)24(2,3)4)23(28)26-19-9-13-22(14-10-19)32(29,30)27-20-6-5-15-25-16-20/h5-17,27H,1-4H3,(H,26,28)/t17-/m1/s1. The molecule has 8 heteroatoms. The second-order valence-corrected chi connectivity index (χ2v) is 10.1. The lowest BCUT2D eigenvalue weighted by Gasteiger charge is -2.20. The zero-order valence-corrected chi connectivity index (χ0v) is 19.3. The van der Waals surface area contributed by atoms with Gasteiger partial charge in [0.1, 0.15) is 5.75 Å². The van der Waals surface area contributed by atoms with Crippen LogP contribution >= 0.6 is 0 Å². The molecule has 0 aliphatic heterocycles. The van der Waals surface area contributed by atoms with E-state index in [-0.39, 0.29) is 16.2 Å². The molecule has 2 aromatic carbocycles. The topological polar surface area (TPSA) is 97.4 Å². The Kier molecular flexibility index (Phi) is 6.84. The van der Waals surface area contributed by atoms with E-state index in [1.54, 1.807) is 25.3 Å². The molecule has 1 heterocycles. The van der Waals surface area contributed by atoms with Gasteiger partial charge in [-0.2, -0.15) is 0 Å². The Morgan fingerprint density at radius 3 is 2.19 bits per heavy atom. The number of amides is 1. The van der Waals surface area contributed by atoms with Crippen LogP contribution in [0.4, 0.5) is 11.4 Å². The van der Waals surface area contributed by atoms with E-state index < -0.39 is 16.1 Å². The van der Waals surface area contributed by atoms with Crippen LogP contribution in [0.1, 0.15) is 33.3 Å². The number of rotatable bonds is 7. The Labute approximate surface area is 188 Å². The molecule has 0 saturated heterocycles. The number of carbonyl (C=O) groups excluding carboxylic acids is 1. The molecular weight excluding hydrogens is 426 g/mol. The van der Waals surface area contributed by atoms with E-state index in [1.807, 2.05) is 24.3 Å². The van der Waals surface area contributed by atoms with Crippen LogP contribution in [0.3, 0.4) is 0 Å². The highest BCUT2D eigenvalue weighted by Gasteiger charge is 2.18. The molecule has 2 N–H and O–H groups in total. The highest BCUT2D eigenvalue weighted by Crippen LogP contribution is 2.25. The summed E-state index contributed by atoms with van der Waals surface area (Å²) in [5.74, 6) is 0.262. The number of nitrogens with zero attached hydrogens (tertiary/aromatic N) is 1. The van der Waals surface area contributed by atoms with Crippen LogP contribution in [0, 0.1) is 0 Å². The zero-order chi connectivity index (χ0) is 23.4. The summed E-state index contributed by atoms with van der Waals surface area (Å²) < 4.78 is 33.2. The largest absolute Gasteiger partial charge is 0.481 e. The number of carbonyl (C=O) groups is 1. The van der Waals surface area contributed by atoms with Gasteiger partial charge in [-0.1, -0.05) is 32.9 Å². The van der Waals surface area contributed by atoms with Gasteiger partial charge in [-0.3, -0.25) is 14.5 Å². The second-order valence-electron chi connectivity index (χ2n) is 8.40. The number of sulfonamides is 1. The fraction of sp³-hybridized carbons (Fsp3) is 0.250. The van der Waals surface area contributed by atoms with Crippen LogP contribution in [0.2, 0.25) is 0 Å². The van der Waals surface area contributed by atoms with E-state index in [0.717, 1.165) is 0 Å². The van der Waals surface area contributed by atoms with Crippen LogP contribution in [-0.4, -0.2) is 25.4 Å². The number of hydrogen-bond donors (Lipinski definition) is 2. The summed E-state index contributed by atoms with van der Waals surface area (Å²) in [4.78, 5) is 16.4. The lowest BCUT2D eigenvalue weighted by atomic mass is 9.87. The van der Waals surface area contributed by atoms with Gasteiger partial charge in [0.15, 0.2) is 6.10 Å². The molecule has 0 radical (unpaired) electrons. The lowest BCUT2D eigenvalue weighted by molar-refractivity contribution is -0.122. The SMILES string of the molecule is C[C@@H](Oc1ccc(C(C)(C)C)cc1)C(=O)Nc1ccc(S(=O)(=O)Nc2cccnc2)cc1. The lowest BCUT2D eigenvalue weighted by Crippen LogP contribution is -2.30. The second kappa shape index (κ2) is 9.40. The van der Waals surface area contributed by atoms with Crippen LogP contribution < -0.4 is 14.8 Å². The Balaban J connectivity index is 1.60.